The minimum absolute atomic E-state index is 0.452. The summed E-state index contributed by atoms with van der Waals surface area (Å²) in [6.45, 7) is 0.452. The van der Waals surface area contributed by atoms with Crippen LogP contribution in [-0.2, 0) is 6.54 Å². The van der Waals surface area contributed by atoms with Gasteiger partial charge in [-0.2, -0.15) is 4.98 Å². The van der Waals surface area contributed by atoms with E-state index in [2.05, 4.69) is 15.5 Å². The van der Waals surface area contributed by atoms with Crippen molar-refractivity contribution in [3.8, 4) is 11.4 Å². The van der Waals surface area contributed by atoms with Crippen LogP contribution in [0.4, 0.5) is 0 Å². The van der Waals surface area contributed by atoms with Gasteiger partial charge in [-0.1, -0.05) is 28.9 Å². The number of thiocarbonyl (C=S) groups is 1. The average molecular weight is 297 g/mol. The van der Waals surface area contributed by atoms with Crippen LogP contribution in [-0.4, -0.2) is 34.2 Å². The quantitative estimate of drug-likeness (QED) is 0.877. The highest BCUT2D eigenvalue weighted by Gasteiger charge is 2.12. The summed E-state index contributed by atoms with van der Waals surface area (Å²) in [6.07, 6.45) is 0. The number of nitrogens with one attached hydrogen (secondary N) is 1. The highest BCUT2D eigenvalue weighted by Crippen LogP contribution is 2.20. The first kappa shape index (κ1) is 13.8. The number of benzene rings is 1. The van der Waals surface area contributed by atoms with E-state index >= 15 is 0 Å². The maximum Gasteiger partial charge on any atom is 0.246 e. The molecule has 100 valence electrons. The molecule has 0 atom stereocenters. The zero-order valence-corrected chi connectivity index (χ0v) is 12.1. The van der Waals surface area contributed by atoms with Crippen molar-refractivity contribution in [3.05, 3.63) is 35.2 Å². The van der Waals surface area contributed by atoms with Crippen molar-refractivity contribution in [3.63, 3.8) is 0 Å². The Hall–Kier alpha value is -1.66. The Labute approximate surface area is 121 Å². The minimum Gasteiger partial charge on any atom is -0.366 e. The van der Waals surface area contributed by atoms with Gasteiger partial charge in [-0.15, -0.1) is 0 Å². The largest absolute Gasteiger partial charge is 0.366 e. The zero-order chi connectivity index (χ0) is 13.8. The molecule has 1 aromatic carbocycles. The Balaban J connectivity index is 2.13. The van der Waals surface area contributed by atoms with Gasteiger partial charge in [-0.25, -0.2) is 0 Å². The molecule has 1 aromatic heterocycles. The third kappa shape index (κ3) is 3.42. The van der Waals surface area contributed by atoms with Gasteiger partial charge in [-0.3, -0.25) is 0 Å². The SMILES string of the molecule is CNC(=S)N(C)Cc1nc(-c2cccc(Cl)c2)no1. The molecule has 0 spiro atoms. The van der Waals surface area contributed by atoms with Crippen LogP contribution in [0, 0.1) is 0 Å². The molecule has 0 amide bonds. The van der Waals surface area contributed by atoms with Crippen molar-refractivity contribution in [2.45, 2.75) is 6.54 Å². The van der Waals surface area contributed by atoms with Gasteiger partial charge in [0, 0.05) is 24.7 Å². The number of rotatable bonds is 3. The van der Waals surface area contributed by atoms with Crippen LogP contribution in [0.1, 0.15) is 5.89 Å². The molecule has 7 heteroatoms. The fourth-order valence-corrected chi connectivity index (χ4v) is 1.78. The van der Waals surface area contributed by atoms with Crippen molar-refractivity contribution in [1.29, 1.82) is 0 Å². The molecule has 0 fully saturated rings. The predicted molar refractivity (Wildman–Crippen MR) is 77.9 cm³/mol. The Morgan fingerprint density at radius 2 is 2.32 bits per heavy atom. The molecule has 5 nitrogen and oxygen atoms in total. The first-order chi connectivity index (χ1) is 9.10. The second-order valence-electron chi connectivity index (χ2n) is 3.93. The molecule has 1 N–H and O–H groups in total. The maximum absolute atomic E-state index is 5.93. The molecule has 0 saturated heterocycles. The van der Waals surface area contributed by atoms with Gasteiger partial charge in [0.25, 0.3) is 0 Å². The topological polar surface area (TPSA) is 54.2 Å². The number of aromatic nitrogens is 2. The van der Waals surface area contributed by atoms with Crippen LogP contribution in [0.5, 0.6) is 0 Å². The summed E-state index contributed by atoms with van der Waals surface area (Å²) in [4.78, 5) is 6.12. The Bertz CT molecular complexity index is 587. The number of hydrogen-bond donors (Lipinski definition) is 1. The fourth-order valence-electron chi connectivity index (χ4n) is 1.53. The van der Waals surface area contributed by atoms with Crippen LogP contribution >= 0.6 is 23.8 Å². The van der Waals surface area contributed by atoms with Gasteiger partial charge in [0.05, 0.1) is 6.54 Å². The second kappa shape index (κ2) is 5.99. The second-order valence-corrected chi connectivity index (χ2v) is 4.76. The van der Waals surface area contributed by atoms with Crippen LogP contribution < -0.4 is 5.32 Å². The van der Waals surface area contributed by atoms with E-state index in [0.717, 1.165) is 5.56 Å². The summed E-state index contributed by atoms with van der Waals surface area (Å²) in [5.41, 5.74) is 0.821. The normalized spacial score (nSPS) is 10.3. The molecule has 0 aliphatic carbocycles. The van der Waals surface area contributed by atoms with E-state index in [9.17, 15) is 0 Å². The summed E-state index contributed by atoms with van der Waals surface area (Å²) >= 11 is 11.0. The lowest BCUT2D eigenvalue weighted by Gasteiger charge is -2.16. The molecule has 0 aliphatic heterocycles. The van der Waals surface area contributed by atoms with E-state index in [0.29, 0.717) is 28.4 Å². The summed E-state index contributed by atoms with van der Waals surface area (Å²) in [6, 6.07) is 7.31. The number of hydrogen-bond acceptors (Lipinski definition) is 4. The molecule has 2 aromatic rings. The maximum atomic E-state index is 5.93. The predicted octanol–water partition coefficient (Wildman–Crippen LogP) is 2.33. The molecular formula is C12H13ClN4OS. The van der Waals surface area contributed by atoms with Crippen LogP contribution in [0.15, 0.2) is 28.8 Å². The highest BCUT2D eigenvalue weighted by molar-refractivity contribution is 7.80. The molecule has 19 heavy (non-hydrogen) atoms. The third-order valence-corrected chi connectivity index (χ3v) is 3.23. The molecule has 2 rings (SSSR count). The molecule has 1 heterocycles. The Kier molecular flexibility index (Phi) is 4.34. The smallest absolute Gasteiger partial charge is 0.246 e. The Morgan fingerprint density at radius 3 is 3.00 bits per heavy atom. The lowest BCUT2D eigenvalue weighted by atomic mass is 10.2. The lowest BCUT2D eigenvalue weighted by Crippen LogP contribution is -2.34. The van der Waals surface area contributed by atoms with E-state index < -0.39 is 0 Å². The van der Waals surface area contributed by atoms with E-state index in [4.69, 9.17) is 28.3 Å². The summed E-state index contributed by atoms with van der Waals surface area (Å²) in [5, 5.41) is 8.06. The summed E-state index contributed by atoms with van der Waals surface area (Å²) < 4.78 is 5.19. The standard InChI is InChI=1S/C12H13ClN4OS/c1-14-12(19)17(2)7-10-15-11(16-18-10)8-4-3-5-9(13)6-8/h3-6H,7H2,1-2H3,(H,14,19). The lowest BCUT2D eigenvalue weighted by molar-refractivity contribution is 0.334. The molecule has 0 unspecified atom stereocenters. The van der Waals surface area contributed by atoms with E-state index in [1.807, 2.05) is 24.1 Å². The van der Waals surface area contributed by atoms with Gasteiger partial charge in [0.2, 0.25) is 11.7 Å². The van der Waals surface area contributed by atoms with Crippen molar-refractivity contribution < 1.29 is 4.52 Å². The first-order valence-corrected chi connectivity index (χ1v) is 6.40. The molecule has 0 saturated carbocycles. The van der Waals surface area contributed by atoms with Crippen LogP contribution in [0.3, 0.4) is 0 Å². The number of nitrogens with zero attached hydrogens (tertiary/aromatic N) is 3. The van der Waals surface area contributed by atoms with E-state index in [1.165, 1.54) is 0 Å². The minimum atomic E-state index is 0.452. The van der Waals surface area contributed by atoms with Crippen molar-refractivity contribution in [2.24, 2.45) is 0 Å². The average Bonchev–Trinajstić information content (AvgIpc) is 2.86. The van der Waals surface area contributed by atoms with Crippen LogP contribution in [0.25, 0.3) is 11.4 Å². The summed E-state index contributed by atoms with van der Waals surface area (Å²) in [5.74, 6) is 1.01. The summed E-state index contributed by atoms with van der Waals surface area (Å²) in [7, 11) is 3.62. The van der Waals surface area contributed by atoms with E-state index in [1.54, 1.807) is 19.2 Å². The molecule has 0 radical (unpaired) electrons. The van der Waals surface area contributed by atoms with Gasteiger partial charge in [0.1, 0.15) is 0 Å². The zero-order valence-electron chi connectivity index (χ0n) is 10.6. The van der Waals surface area contributed by atoms with Gasteiger partial charge in [0.15, 0.2) is 5.11 Å². The van der Waals surface area contributed by atoms with Gasteiger partial charge < -0.3 is 14.7 Å². The fraction of sp³-hybridized carbons (Fsp3) is 0.250. The van der Waals surface area contributed by atoms with Crippen LogP contribution in [0.2, 0.25) is 5.02 Å². The first-order valence-electron chi connectivity index (χ1n) is 5.61. The van der Waals surface area contributed by atoms with Gasteiger partial charge in [-0.05, 0) is 24.4 Å². The highest BCUT2D eigenvalue weighted by atomic mass is 35.5. The number of halogens is 1. The van der Waals surface area contributed by atoms with Crippen molar-refractivity contribution in [2.75, 3.05) is 14.1 Å². The van der Waals surface area contributed by atoms with Gasteiger partial charge >= 0.3 is 0 Å². The molecule has 0 aliphatic rings. The van der Waals surface area contributed by atoms with Crippen molar-refractivity contribution >= 4 is 28.9 Å². The molecule has 0 bridgehead atoms. The van der Waals surface area contributed by atoms with Crippen molar-refractivity contribution in [1.82, 2.24) is 20.4 Å². The monoisotopic (exact) mass is 296 g/mol. The Morgan fingerprint density at radius 1 is 1.53 bits per heavy atom. The molecular weight excluding hydrogens is 284 g/mol. The van der Waals surface area contributed by atoms with E-state index in [-0.39, 0.29) is 0 Å². The third-order valence-electron chi connectivity index (χ3n) is 2.48.